The summed E-state index contributed by atoms with van der Waals surface area (Å²) >= 11 is 0. The number of benzene rings is 2. The minimum atomic E-state index is 0.206. The van der Waals surface area contributed by atoms with Crippen molar-refractivity contribution in [3.8, 4) is 11.1 Å². The topological polar surface area (TPSA) is 91.3 Å². The van der Waals surface area contributed by atoms with Crippen LogP contribution in [0.2, 0.25) is 0 Å². The highest BCUT2D eigenvalue weighted by atomic mass is 16.1. The van der Waals surface area contributed by atoms with Crippen LogP contribution in [0.3, 0.4) is 0 Å². The molecule has 2 aromatic carbocycles. The average molecular weight is 413 g/mol. The second-order valence-electron chi connectivity index (χ2n) is 7.00. The van der Waals surface area contributed by atoms with Gasteiger partial charge in [0.15, 0.2) is 6.29 Å². The second-order valence-corrected chi connectivity index (χ2v) is 7.00. The highest BCUT2D eigenvalue weighted by Crippen LogP contribution is 2.35. The van der Waals surface area contributed by atoms with Gasteiger partial charge in [0.05, 0.1) is 5.69 Å². The molecule has 0 spiro atoms. The van der Waals surface area contributed by atoms with Gasteiger partial charge in [-0.05, 0) is 37.1 Å². The first-order valence-electron chi connectivity index (χ1n) is 9.85. The molecule has 0 atom stereocenters. The van der Waals surface area contributed by atoms with Gasteiger partial charge in [0.1, 0.15) is 5.84 Å². The number of amidine groups is 1. The highest BCUT2D eigenvalue weighted by Gasteiger charge is 2.14. The first-order chi connectivity index (χ1) is 14.9. The standard InChI is InChI=1S/C26H28N4O/c1-5-21(14-20(15-27)17-31)26(28)30-24-13-9-12-23(22-10-7-6-8-11-22)25(24)19(4)29-16-18(2)3/h5-15,17,27,29H,2,4,16H2,1,3H3,(H2,28,30)/b20-14+,21-5+,27-15?. The number of hydrogen-bond acceptors (Lipinski definition) is 4. The van der Waals surface area contributed by atoms with E-state index in [1.807, 2.05) is 55.5 Å². The van der Waals surface area contributed by atoms with Crippen LogP contribution < -0.4 is 11.1 Å². The Morgan fingerprint density at radius 2 is 1.87 bits per heavy atom. The Morgan fingerprint density at radius 3 is 2.45 bits per heavy atom. The lowest BCUT2D eigenvalue weighted by atomic mass is 9.96. The number of aldehydes is 1. The molecule has 0 bridgehead atoms. The molecule has 0 fully saturated rings. The Balaban J connectivity index is 2.63. The first-order valence-corrected chi connectivity index (χ1v) is 9.85. The minimum absolute atomic E-state index is 0.206. The number of nitrogens with two attached hydrogens (primary N) is 1. The maximum atomic E-state index is 11.1. The van der Waals surface area contributed by atoms with Crippen LogP contribution in [0.15, 0.2) is 95.6 Å². The number of allylic oxidation sites excluding steroid dienone is 2. The van der Waals surface area contributed by atoms with Crippen LogP contribution in [0.25, 0.3) is 16.8 Å². The predicted octanol–water partition coefficient (Wildman–Crippen LogP) is 5.20. The zero-order valence-corrected chi connectivity index (χ0v) is 18.0. The summed E-state index contributed by atoms with van der Waals surface area (Å²) in [5, 5.41) is 10.6. The van der Waals surface area contributed by atoms with Crippen LogP contribution in [-0.4, -0.2) is 24.9 Å². The molecule has 0 radical (unpaired) electrons. The van der Waals surface area contributed by atoms with Gasteiger partial charge in [-0.2, -0.15) is 0 Å². The number of nitrogens with one attached hydrogen (secondary N) is 2. The third-order valence-corrected chi connectivity index (χ3v) is 4.51. The number of carbonyl (C=O) groups is 1. The number of carbonyl (C=O) groups excluding carboxylic acids is 1. The van der Waals surface area contributed by atoms with Crippen molar-refractivity contribution in [1.82, 2.24) is 5.32 Å². The van der Waals surface area contributed by atoms with Gasteiger partial charge in [0, 0.05) is 35.2 Å². The predicted molar refractivity (Wildman–Crippen MR) is 132 cm³/mol. The molecule has 0 aromatic heterocycles. The smallest absolute Gasteiger partial charge is 0.151 e. The lowest BCUT2D eigenvalue weighted by molar-refractivity contribution is -0.104. The quantitative estimate of drug-likeness (QED) is 0.125. The summed E-state index contributed by atoms with van der Waals surface area (Å²) in [6.45, 7) is 12.5. The molecule has 31 heavy (non-hydrogen) atoms. The largest absolute Gasteiger partial charge is 0.383 e. The minimum Gasteiger partial charge on any atom is -0.383 e. The van der Waals surface area contributed by atoms with E-state index in [4.69, 9.17) is 11.1 Å². The number of nitrogens with zero attached hydrogens (tertiary/aromatic N) is 1. The molecule has 2 aromatic rings. The molecule has 0 aliphatic rings. The van der Waals surface area contributed by atoms with Crippen molar-refractivity contribution >= 4 is 29.7 Å². The normalized spacial score (nSPS) is 12.3. The van der Waals surface area contributed by atoms with E-state index in [2.05, 4.69) is 23.5 Å². The first kappa shape index (κ1) is 23.3. The summed E-state index contributed by atoms with van der Waals surface area (Å²) in [6, 6.07) is 15.8. The molecule has 0 aliphatic heterocycles. The van der Waals surface area contributed by atoms with E-state index in [1.165, 1.54) is 6.08 Å². The van der Waals surface area contributed by atoms with Crippen LogP contribution in [0.5, 0.6) is 0 Å². The molecule has 2 rings (SSSR count). The number of aliphatic imine (C=N–C) groups is 1. The zero-order valence-electron chi connectivity index (χ0n) is 18.0. The van der Waals surface area contributed by atoms with E-state index in [0.717, 1.165) is 28.5 Å². The Kier molecular flexibility index (Phi) is 8.46. The van der Waals surface area contributed by atoms with Crippen LogP contribution in [0.1, 0.15) is 19.4 Å². The summed E-state index contributed by atoms with van der Waals surface area (Å²) in [5.41, 5.74) is 12.2. The van der Waals surface area contributed by atoms with Crippen molar-refractivity contribution in [3.05, 3.63) is 96.1 Å². The van der Waals surface area contributed by atoms with E-state index >= 15 is 0 Å². The summed E-state index contributed by atoms with van der Waals surface area (Å²) in [7, 11) is 0. The molecule has 158 valence electrons. The molecule has 5 nitrogen and oxygen atoms in total. The van der Waals surface area contributed by atoms with E-state index < -0.39 is 0 Å². The molecule has 0 heterocycles. The third kappa shape index (κ3) is 6.24. The van der Waals surface area contributed by atoms with Crippen LogP contribution in [-0.2, 0) is 4.79 Å². The van der Waals surface area contributed by atoms with Crippen LogP contribution in [0, 0.1) is 5.41 Å². The maximum Gasteiger partial charge on any atom is 0.151 e. The van der Waals surface area contributed by atoms with Gasteiger partial charge in [-0.3, -0.25) is 4.79 Å². The lowest BCUT2D eigenvalue weighted by Gasteiger charge is -2.17. The van der Waals surface area contributed by atoms with Crippen LogP contribution in [0.4, 0.5) is 5.69 Å². The van der Waals surface area contributed by atoms with Gasteiger partial charge in [-0.25, -0.2) is 4.99 Å². The fourth-order valence-corrected chi connectivity index (χ4v) is 2.94. The fourth-order valence-electron chi connectivity index (χ4n) is 2.94. The molecular weight excluding hydrogens is 384 g/mol. The second kappa shape index (κ2) is 11.3. The highest BCUT2D eigenvalue weighted by molar-refractivity contribution is 6.07. The monoisotopic (exact) mass is 412 g/mol. The van der Waals surface area contributed by atoms with Crippen LogP contribution >= 0.6 is 0 Å². The molecule has 0 amide bonds. The Morgan fingerprint density at radius 1 is 1.16 bits per heavy atom. The Hall–Kier alpha value is -3.99. The van der Waals surface area contributed by atoms with Gasteiger partial charge < -0.3 is 16.5 Å². The fraction of sp³-hybridized carbons (Fsp3) is 0.115. The molecule has 4 N–H and O–H groups in total. The van der Waals surface area contributed by atoms with E-state index in [-0.39, 0.29) is 11.4 Å². The lowest BCUT2D eigenvalue weighted by Crippen LogP contribution is -2.16. The molecule has 0 unspecified atom stereocenters. The van der Waals surface area contributed by atoms with Crippen molar-refractivity contribution in [2.45, 2.75) is 13.8 Å². The van der Waals surface area contributed by atoms with Crippen molar-refractivity contribution < 1.29 is 4.79 Å². The van der Waals surface area contributed by atoms with Gasteiger partial charge in [0.2, 0.25) is 0 Å². The van der Waals surface area contributed by atoms with Gasteiger partial charge in [-0.1, -0.05) is 67.3 Å². The van der Waals surface area contributed by atoms with Gasteiger partial charge in [0.25, 0.3) is 0 Å². The van der Waals surface area contributed by atoms with Crippen molar-refractivity contribution in [2.75, 3.05) is 6.54 Å². The summed E-state index contributed by atoms with van der Waals surface area (Å²) in [6.07, 6.45) is 4.87. The Labute approximate surface area is 183 Å². The number of hydrogen-bond donors (Lipinski definition) is 3. The zero-order chi connectivity index (χ0) is 22.8. The van der Waals surface area contributed by atoms with Gasteiger partial charge >= 0.3 is 0 Å². The number of rotatable bonds is 10. The van der Waals surface area contributed by atoms with Crippen molar-refractivity contribution in [3.63, 3.8) is 0 Å². The molecule has 0 saturated heterocycles. The van der Waals surface area contributed by atoms with E-state index in [0.29, 0.717) is 29.8 Å². The third-order valence-electron chi connectivity index (χ3n) is 4.51. The summed E-state index contributed by atoms with van der Waals surface area (Å²) in [5.74, 6) is 0.239. The Bertz CT molecular complexity index is 1070. The molecule has 5 heteroatoms. The molecule has 0 saturated carbocycles. The average Bonchev–Trinajstić information content (AvgIpc) is 2.78. The summed E-state index contributed by atoms with van der Waals surface area (Å²) < 4.78 is 0. The van der Waals surface area contributed by atoms with Crippen molar-refractivity contribution in [2.24, 2.45) is 10.7 Å². The molecular formula is C26H28N4O. The van der Waals surface area contributed by atoms with Crippen molar-refractivity contribution in [1.29, 1.82) is 5.41 Å². The van der Waals surface area contributed by atoms with E-state index in [1.54, 1.807) is 13.0 Å². The molecule has 0 aliphatic carbocycles. The maximum absolute atomic E-state index is 11.1. The SMILES string of the molecule is C=C(C)CNC(=C)c1c(/N=C(N)/C(/C=C(\C=N)C=O)=C/C)cccc1-c1ccccc1. The van der Waals surface area contributed by atoms with E-state index in [9.17, 15) is 4.79 Å². The summed E-state index contributed by atoms with van der Waals surface area (Å²) in [4.78, 5) is 15.7. The van der Waals surface area contributed by atoms with Gasteiger partial charge in [-0.15, -0.1) is 0 Å².